The van der Waals surface area contributed by atoms with Crippen LogP contribution in [0.1, 0.15) is 28.7 Å². The average molecular weight is 439 g/mol. The lowest BCUT2D eigenvalue weighted by molar-refractivity contribution is 0.0526. The minimum absolute atomic E-state index is 0.152. The largest absolute Gasteiger partial charge is 0.462 e. The quantitative estimate of drug-likeness (QED) is 0.423. The maximum Gasteiger partial charge on any atom is 0.338 e. The van der Waals surface area contributed by atoms with Crippen LogP contribution < -0.4 is 11.2 Å². The zero-order valence-corrected chi connectivity index (χ0v) is 18.7. The fourth-order valence-electron chi connectivity index (χ4n) is 3.90. The molecule has 0 amide bonds. The molecule has 3 heterocycles. The number of esters is 1. The minimum Gasteiger partial charge on any atom is -0.462 e. The standard InChI is InChI=1S/C22H25N5O5/c1-6-32-20(29)15-7-9-16(10-8-15)26-13(2)14(3)27-17-18(23-21(26)27)24(4)22(30)25(19(17)28)11-12-31-5/h7-10H,6,11-12H2,1-5H3. The van der Waals surface area contributed by atoms with E-state index in [9.17, 15) is 14.4 Å². The Morgan fingerprint density at radius 1 is 1.09 bits per heavy atom. The topological polar surface area (TPSA) is 102 Å². The van der Waals surface area contributed by atoms with Gasteiger partial charge in [-0.25, -0.2) is 9.59 Å². The summed E-state index contributed by atoms with van der Waals surface area (Å²) in [5.74, 6) is 0.123. The number of methoxy groups -OCH3 is 1. The normalized spacial score (nSPS) is 11.5. The zero-order chi connectivity index (χ0) is 23.2. The fourth-order valence-corrected chi connectivity index (χ4v) is 3.90. The second-order valence-electron chi connectivity index (χ2n) is 7.48. The molecule has 0 unspecified atom stereocenters. The van der Waals surface area contributed by atoms with Gasteiger partial charge in [-0.1, -0.05) is 0 Å². The van der Waals surface area contributed by atoms with Crippen LogP contribution in [0.15, 0.2) is 33.9 Å². The van der Waals surface area contributed by atoms with Gasteiger partial charge in [0, 0.05) is 31.2 Å². The van der Waals surface area contributed by atoms with Crippen LogP contribution in [0.25, 0.3) is 22.6 Å². The first-order valence-electron chi connectivity index (χ1n) is 10.3. The molecule has 0 atom stereocenters. The van der Waals surface area contributed by atoms with Gasteiger partial charge in [-0.15, -0.1) is 0 Å². The van der Waals surface area contributed by atoms with Crippen LogP contribution in [0.4, 0.5) is 0 Å². The Labute approximate surface area is 183 Å². The molecule has 168 valence electrons. The van der Waals surface area contributed by atoms with E-state index in [0.717, 1.165) is 17.1 Å². The van der Waals surface area contributed by atoms with Gasteiger partial charge >= 0.3 is 11.7 Å². The zero-order valence-electron chi connectivity index (χ0n) is 18.7. The van der Waals surface area contributed by atoms with E-state index in [2.05, 4.69) is 4.98 Å². The summed E-state index contributed by atoms with van der Waals surface area (Å²) < 4.78 is 16.3. The number of nitrogens with zero attached hydrogens (tertiary/aromatic N) is 5. The van der Waals surface area contributed by atoms with Gasteiger partial charge in [-0.2, -0.15) is 4.98 Å². The third kappa shape index (κ3) is 3.14. The van der Waals surface area contributed by atoms with E-state index >= 15 is 0 Å². The van der Waals surface area contributed by atoms with Crippen molar-refractivity contribution < 1.29 is 14.3 Å². The molecule has 10 heteroatoms. The van der Waals surface area contributed by atoms with Crippen molar-refractivity contribution in [2.24, 2.45) is 7.05 Å². The number of benzene rings is 1. The number of carbonyl (C=O) groups excluding carboxylic acids is 1. The summed E-state index contributed by atoms with van der Waals surface area (Å²) in [5, 5.41) is 0. The maximum absolute atomic E-state index is 13.2. The molecule has 0 aliphatic heterocycles. The van der Waals surface area contributed by atoms with Crippen LogP contribution in [-0.2, 0) is 23.1 Å². The van der Waals surface area contributed by atoms with Gasteiger partial charge in [0.2, 0.25) is 5.78 Å². The predicted molar refractivity (Wildman–Crippen MR) is 119 cm³/mol. The molecule has 1 aromatic carbocycles. The molecule has 0 saturated heterocycles. The molecule has 0 bridgehead atoms. The predicted octanol–water partition coefficient (Wildman–Crippen LogP) is 1.58. The van der Waals surface area contributed by atoms with Gasteiger partial charge in [0.15, 0.2) is 11.2 Å². The summed E-state index contributed by atoms with van der Waals surface area (Å²) in [6.45, 7) is 6.29. The Morgan fingerprint density at radius 3 is 2.41 bits per heavy atom. The number of hydrogen-bond donors (Lipinski definition) is 0. The van der Waals surface area contributed by atoms with Crippen LogP contribution in [0, 0.1) is 13.8 Å². The van der Waals surface area contributed by atoms with Crippen LogP contribution in [0.5, 0.6) is 0 Å². The van der Waals surface area contributed by atoms with Crippen molar-refractivity contribution in [1.29, 1.82) is 0 Å². The summed E-state index contributed by atoms with van der Waals surface area (Å²) in [6, 6.07) is 6.98. The van der Waals surface area contributed by atoms with Gasteiger partial charge < -0.3 is 9.47 Å². The number of carbonyl (C=O) groups is 1. The van der Waals surface area contributed by atoms with Crippen molar-refractivity contribution in [2.45, 2.75) is 27.3 Å². The maximum atomic E-state index is 13.2. The Bertz CT molecular complexity index is 1450. The molecule has 0 saturated carbocycles. The Hall–Kier alpha value is -3.66. The number of fused-ring (bicyclic) bond motifs is 3. The first-order chi connectivity index (χ1) is 15.3. The second-order valence-corrected chi connectivity index (χ2v) is 7.48. The third-order valence-corrected chi connectivity index (χ3v) is 5.67. The fraction of sp³-hybridized carbons (Fsp3) is 0.364. The van der Waals surface area contributed by atoms with Gasteiger partial charge in [0.05, 0.1) is 25.3 Å². The van der Waals surface area contributed by atoms with Crippen molar-refractivity contribution >= 4 is 22.9 Å². The summed E-state index contributed by atoms with van der Waals surface area (Å²) >= 11 is 0. The summed E-state index contributed by atoms with van der Waals surface area (Å²) in [6.07, 6.45) is 0. The summed E-state index contributed by atoms with van der Waals surface area (Å²) in [4.78, 5) is 42.6. The number of aryl methyl sites for hydroxylation is 2. The van der Waals surface area contributed by atoms with E-state index in [1.165, 1.54) is 16.2 Å². The molecule has 32 heavy (non-hydrogen) atoms. The highest BCUT2D eigenvalue weighted by Gasteiger charge is 2.23. The van der Waals surface area contributed by atoms with Crippen LogP contribution in [0.3, 0.4) is 0 Å². The molecular weight excluding hydrogens is 414 g/mol. The Kier molecular flexibility index (Phi) is 5.47. The lowest BCUT2D eigenvalue weighted by atomic mass is 10.2. The monoisotopic (exact) mass is 439 g/mol. The third-order valence-electron chi connectivity index (χ3n) is 5.67. The summed E-state index contributed by atoms with van der Waals surface area (Å²) in [5.41, 5.74) is 2.72. The van der Waals surface area contributed by atoms with Crippen molar-refractivity contribution in [2.75, 3.05) is 20.3 Å². The first-order valence-corrected chi connectivity index (χ1v) is 10.3. The first kappa shape index (κ1) is 21.6. The molecule has 0 aliphatic rings. The van der Waals surface area contributed by atoms with E-state index in [1.807, 2.05) is 18.4 Å². The molecule has 4 aromatic rings. The van der Waals surface area contributed by atoms with E-state index in [4.69, 9.17) is 9.47 Å². The van der Waals surface area contributed by atoms with Crippen molar-refractivity contribution in [3.63, 3.8) is 0 Å². The SMILES string of the molecule is CCOC(=O)c1ccc(-n2c(C)c(C)n3c4c(=O)n(CCOC)c(=O)n(C)c4nc23)cc1. The van der Waals surface area contributed by atoms with Crippen molar-refractivity contribution in [3.8, 4) is 5.69 Å². The molecule has 4 rings (SSSR count). The van der Waals surface area contributed by atoms with Crippen LogP contribution in [0.2, 0.25) is 0 Å². The van der Waals surface area contributed by atoms with Gasteiger partial charge in [0.1, 0.15) is 0 Å². The number of hydrogen-bond acceptors (Lipinski definition) is 6. The summed E-state index contributed by atoms with van der Waals surface area (Å²) in [7, 11) is 3.12. The van der Waals surface area contributed by atoms with Crippen LogP contribution in [-0.4, -0.2) is 49.4 Å². The van der Waals surface area contributed by atoms with Gasteiger partial charge in [-0.3, -0.25) is 22.9 Å². The van der Waals surface area contributed by atoms with E-state index < -0.39 is 11.2 Å². The molecule has 0 fully saturated rings. The number of imidazole rings is 2. The van der Waals surface area contributed by atoms with E-state index in [-0.39, 0.29) is 19.1 Å². The molecular formula is C22H25N5O5. The Balaban J connectivity index is 1.98. The highest BCUT2D eigenvalue weighted by Crippen LogP contribution is 2.24. The lowest BCUT2D eigenvalue weighted by Gasteiger charge is -2.08. The number of ether oxygens (including phenoxy) is 2. The molecule has 0 N–H and O–H groups in total. The van der Waals surface area contributed by atoms with E-state index in [1.54, 1.807) is 42.6 Å². The molecule has 0 aliphatic carbocycles. The molecule has 0 radical (unpaired) electrons. The average Bonchev–Trinajstić information content (AvgIpc) is 3.28. The Morgan fingerprint density at radius 2 is 1.78 bits per heavy atom. The minimum atomic E-state index is -0.444. The molecule has 3 aromatic heterocycles. The molecule has 10 nitrogen and oxygen atoms in total. The smallest absolute Gasteiger partial charge is 0.338 e. The molecule has 0 spiro atoms. The highest BCUT2D eigenvalue weighted by molar-refractivity contribution is 5.89. The van der Waals surface area contributed by atoms with Crippen molar-refractivity contribution in [1.82, 2.24) is 23.1 Å². The highest BCUT2D eigenvalue weighted by atomic mass is 16.5. The van der Waals surface area contributed by atoms with Crippen LogP contribution >= 0.6 is 0 Å². The van der Waals surface area contributed by atoms with Gasteiger partial charge in [0.25, 0.3) is 5.56 Å². The van der Waals surface area contributed by atoms with Gasteiger partial charge in [-0.05, 0) is 45.0 Å². The number of aromatic nitrogens is 5. The number of rotatable bonds is 6. The lowest BCUT2D eigenvalue weighted by Crippen LogP contribution is -2.40. The van der Waals surface area contributed by atoms with Crippen molar-refractivity contribution in [3.05, 3.63) is 62.1 Å². The van der Waals surface area contributed by atoms with E-state index in [0.29, 0.717) is 29.1 Å². The second kappa shape index (κ2) is 8.12.